The van der Waals surface area contributed by atoms with E-state index in [2.05, 4.69) is 6.92 Å². The molecule has 0 atom stereocenters. The van der Waals surface area contributed by atoms with Crippen LogP contribution in [0.25, 0.3) is 0 Å². The Hall–Kier alpha value is -2.43. The number of pyridine rings is 1. The van der Waals surface area contributed by atoms with Crippen molar-refractivity contribution in [1.29, 1.82) is 0 Å². The van der Waals surface area contributed by atoms with E-state index in [9.17, 15) is 14.9 Å². The van der Waals surface area contributed by atoms with Crippen LogP contribution in [-0.4, -0.2) is 9.49 Å². The standard InChI is InChI=1S/C19H24N2O3/c1-3-4-5-6-8-16-11-12-20(19(22)13-16)14-17-9-7-10-18(15(17)2)21(23)24/h7,9-13H,3-6,8,14H2,1-2H3. The number of aromatic nitrogens is 1. The summed E-state index contributed by atoms with van der Waals surface area (Å²) < 4.78 is 1.60. The second kappa shape index (κ2) is 8.43. The lowest BCUT2D eigenvalue weighted by Gasteiger charge is -2.10. The van der Waals surface area contributed by atoms with E-state index in [4.69, 9.17) is 0 Å². The van der Waals surface area contributed by atoms with Crippen LogP contribution in [0.3, 0.4) is 0 Å². The van der Waals surface area contributed by atoms with Gasteiger partial charge in [0.25, 0.3) is 11.2 Å². The molecule has 1 heterocycles. The monoisotopic (exact) mass is 328 g/mol. The average molecular weight is 328 g/mol. The molecule has 128 valence electrons. The number of nitro groups is 1. The van der Waals surface area contributed by atoms with Crippen LogP contribution in [0.15, 0.2) is 41.3 Å². The molecule has 0 aliphatic rings. The van der Waals surface area contributed by atoms with Crippen molar-refractivity contribution in [2.45, 2.75) is 52.5 Å². The third-order valence-corrected chi connectivity index (χ3v) is 4.33. The fourth-order valence-electron chi connectivity index (χ4n) is 2.81. The summed E-state index contributed by atoms with van der Waals surface area (Å²) >= 11 is 0. The van der Waals surface area contributed by atoms with Gasteiger partial charge in [-0.25, -0.2) is 0 Å². The van der Waals surface area contributed by atoms with E-state index in [0.717, 1.165) is 24.0 Å². The van der Waals surface area contributed by atoms with Crippen LogP contribution in [0.2, 0.25) is 0 Å². The van der Waals surface area contributed by atoms with Gasteiger partial charge in [0.1, 0.15) is 0 Å². The molecule has 1 aromatic heterocycles. The zero-order valence-electron chi connectivity index (χ0n) is 14.3. The molecule has 0 unspecified atom stereocenters. The Morgan fingerprint density at radius 1 is 1.17 bits per heavy atom. The van der Waals surface area contributed by atoms with E-state index in [1.54, 1.807) is 29.8 Å². The first-order valence-corrected chi connectivity index (χ1v) is 8.45. The topological polar surface area (TPSA) is 65.1 Å². The summed E-state index contributed by atoms with van der Waals surface area (Å²) in [5, 5.41) is 11.0. The summed E-state index contributed by atoms with van der Waals surface area (Å²) in [6, 6.07) is 8.63. The first-order valence-electron chi connectivity index (χ1n) is 8.45. The van der Waals surface area contributed by atoms with E-state index in [-0.39, 0.29) is 16.2 Å². The molecule has 0 spiro atoms. The molecule has 24 heavy (non-hydrogen) atoms. The van der Waals surface area contributed by atoms with E-state index in [1.165, 1.54) is 25.3 Å². The number of rotatable bonds is 8. The van der Waals surface area contributed by atoms with Crippen molar-refractivity contribution in [2.75, 3.05) is 0 Å². The van der Waals surface area contributed by atoms with Gasteiger partial charge in [-0.1, -0.05) is 38.3 Å². The lowest BCUT2D eigenvalue weighted by molar-refractivity contribution is -0.385. The molecule has 0 amide bonds. The maximum Gasteiger partial charge on any atom is 0.272 e. The SMILES string of the molecule is CCCCCCc1ccn(Cc2cccc([N+](=O)[O-])c2C)c(=O)c1. The van der Waals surface area contributed by atoms with Crippen LogP contribution in [0.1, 0.15) is 49.3 Å². The summed E-state index contributed by atoms with van der Waals surface area (Å²) in [4.78, 5) is 22.9. The highest BCUT2D eigenvalue weighted by Crippen LogP contribution is 2.21. The predicted octanol–water partition coefficient (Wildman–Crippen LogP) is 4.24. The number of hydrogen-bond donors (Lipinski definition) is 0. The van der Waals surface area contributed by atoms with Crippen molar-refractivity contribution in [3.05, 3.63) is 73.7 Å². The zero-order valence-corrected chi connectivity index (χ0v) is 14.3. The fraction of sp³-hybridized carbons (Fsp3) is 0.421. The molecular weight excluding hydrogens is 304 g/mol. The number of nitro benzene ring substituents is 1. The lowest BCUT2D eigenvalue weighted by Crippen LogP contribution is -2.20. The largest absolute Gasteiger partial charge is 0.311 e. The molecule has 0 saturated heterocycles. The minimum atomic E-state index is -0.388. The Balaban J connectivity index is 2.12. The predicted molar refractivity (Wildman–Crippen MR) is 95.5 cm³/mol. The van der Waals surface area contributed by atoms with Crippen LogP contribution in [0.5, 0.6) is 0 Å². The Bertz CT molecular complexity index is 765. The highest BCUT2D eigenvalue weighted by Gasteiger charge is 2.13. The molecule has 5 nitrogen and oxygen atoms in total. The van der Waals surface area contributed by atoms with Crippen LogP contribution < -0.4 is 5.56 Å². The zero-order chi connectivity index (χ0) is 17.5. The highest BCUT2D eigenvalue weighted by atomic mass is 16.6. The van der Waals surface area contributed by atoms with Gasteiger partial charge in [-0.05, 0) is 37.0 Å². The Morgan fingerprint density at radius 2 is 1.96 bits per heavy atom. The van der Waals surface area contributed by atoms with Crippen molar-refractivity contribution in [3.63, 3.8) is 0 Å². The smallest absolute Gasteiger partial charge is 0.272 e. The molecular formula is C19H24N2O3. The number of unbranched alkanes of at least 4 members (excludes halogenated alkanes) is 3. The minimum Gasteiger partial charge on any atom is -0.311 e. The molecule has 0 N–H and O–H groups in total. The first-order chi connectivity index (χ1) is 11.5. The summed E-state index contributed by atoms with van der Waals surface area (Å²) in [5.41, 5.74) is 2.49. The Kier molecular flexibility index (Phi) is 6.29. The van der Waals surface area contributed by atoms with Gasteiger partial charge in [0.05, 0.1) is 11.5 Å². The Morgan fingerprint density at radius 3 is 2.62 bits per heavy atom. The van der Waals surface area contributed by atoms with Gasteiger partial charge < -0.3 is 4.57 Å². The second-order valence-electron chi connectivity index (χ2n) is 6.13. The summed E-state index contributed by atoms with van der Waals surface area (Å²) in [6.45, 7) is 4.25. The summed E-state index contributed by atoms with van der Waals surface area (Å²) in [5.74, 6) is 0. The average Bonchev–Trinajstić information content (AvgIpc) is 2.55. The van der Waals surface area contributed by atoms with Gasteiger partial charge in [0.15, 0.2) is 0 Å². The molecule has 0 bridgehead atoms. The van der Waals surface area contributed by atoms with Crippen molar-refractivity contribution in [2.24, 2.45) is 0 Å². The van der Waals surface area contributed by atoms with Crippen molar-refractivity contribution in [3.8, 4) is 0 Å². The second-order valence-corrected chi connectivity index (χ2v) is 6.13. The minimum absolute atomic E-state index is 0.0612. The quantitative estimate of drug-likeness (QED) is 0.413. The van der Waals surface area contributed by atoms with Gasteiger partial charge in [0, 0.05) is 23.9 Å². The van der Waals surface area contributed by atoms with Crippen LogP contribution in [0.4, 0.5) is 5.69 Å². The third-order valence-electron chi connectivity index (χ3n) is 4.33. The lowest BCUT2D eigenvalue weighted by atomic mass is 10.1. The molecule has 2 rings (SSSR count). The van der Waals surface area contributed by atoms with Crippen molar-refractivity contribution >= 4 is 5.69 Å². The van der Waals surface area contributed by atoms with E-state index < -0.39 is 0 Å². The molecule has 0 aliphatic carbocycles. The fourth-order valence-corrected chi connectivity index (χ4v) is 2.81. The maximum atomic E-state index is 12.3. The maximum absolute atomic E-state index is 12.3. The summed E-state index contributed by atoms with van der Waals surface area (Å²) in [7, 11) is 0. The first kappa shape index (κ1) is 17.9. The van der Waals surface area contributed by atoms with Crippen LogP contribution >= 0.6 is 0 Å². The third kappa shape index (κ3) is 4.54. The van der Waals surface area contributed by atoms with E-state index in [1.807, 2.05) is 12.1 Å². The molecule has 0 radical (unpaired) electrons. The van der Waals surface area contributed by atoms with Gasteiger partial charge >= 0.3 is 0 Å². The summed E-state index contributed by atoms with van der Waals surface area (Å²) in [6.07, 6.45) is 7.42. The molecule has 5 heteroatoms. The molecule has 0 saturated carbocycles. The molecule has 0 fully saturated rings. The van der Waals surface area contributed by atoms with Crippen molar-refractivity contribution in [1.82, 2.24) is 4.57 Å². The Labute approximate surface area is 142 Å². The van der Waals surface area contributed by atoms with Gasteiger partial charge in [-0.15, -0.1) is 0 Å². The number of aryl methyl sites for hydroxylation is 1. The van der Waals surface area contributed by atoms with Gasteiger partial charge in [-0.3, -0.25) is 14.9 Å². The van der Waals surface area contributed by atoms with E-state index >= 15 is 0 Å². The van der Waals surface area contributed by atoms with Gasteiger partial charge in [-0.2, -0.15) is 0 Å². The number of hydrogen-bond acceptors (Lipinski definition) is 3. The molecule has 0 aliphatic heterocycles. The van der Waals surface area contributed by atoms with Crippen LogP contribution in [-0.2, 0) is 13.0 Å². The van der Waals surface area contributed by atoms with Crippen molar-refractivity contribution < 1.29 is 4.92 Å². The highest BCUT2D eigenvalue weighted by molar-refractivity contribution is 5.44. The normalized spacial score (nSPS) is 10.8. The number of benzene rings is 1. The van der Waals surface area contributed by atoms with Gasteiger partial charge in [0.2, 0.25) is 0 Å². The van der Waals surface area contributed by atoms with E-state index in [0.29, 0.717) is 12.1 Å². The van der Waals surface area contributed by atoms with Crippen LogP contribution in [0, 0.1) is 17.0 Å². The molecule has 2 aromatic rings. The number of nitrogens with zero attached hydrogens (tertiary/aromatic N) is 2. The molecule has 1 aromatic carbocycles.